The van der Waals surface area contributed by atoms with E-state index in [1.54, 1.807) is 0 Å². The zero-order valence-corrected chi connectivity index (χ0v) is 14.5. The number of rotatable bonds is 5. The molecule has 2 atom stereocenters. The Bertz CT molecular complexity index is 427. The van der Waals surface area contributed by atoms with Crippen molar-refractivity contribution in [2.75, 3.05) is 13.1 Å². The molecule has 2 aliphatic rings. The second kappa shape index (κ2) is 6.75. The third-order valence-electron chi connectivity index (χ3n) is 4.68. The van der Waals surface area contributed by atoms with Gasteiger partial charge in [0.1, 0.15) is 0 Å². The molecule has 1 saturated carbocycles. The molecule has 3 rings (SSSR count). The van der Waals surface area contributed by atoms with E-state index in [-0.39, 0.29) is 0 Å². The van der Waals surface area contributed by atoms with Gasteiger partial charge < -0.3 is 5.32 Å². The van der Waals surface area contributed by atoms with E-state index < -0.39 is 0 Å². The lowest BCUT2D eigenvalue weighted by Crippen LogP contribution is -2.56. The molecule has 20 heavy (non-hydrogen) atoms. The Morgan fingerprint density at radius 1 is 1.25 bits per heavy atom. The normalized spacial score (nSPS) is 27.7. The summed E-state index contributed by atoms with van der Waals surface area (Å²) in [5, 5.41) is 3.80. The van der Waals surface area contributed by atoms with Crippen LogP contribution in [0.3, 0.4) is 0 Å². The van der Waals surface area contributed by atoms with Crippen molar-refractivity contribution in [2.45, 2.75) is 51.2 Å². The van der Waals surface area contributed by atoms with Crippen molar-refractivity contribution in [1.29, 1.82) is 0 Å². The largest absolute Gasteiger partial charge is 0.311 e. The first kappa shape index (κ1) is 14.8. The summed E-state index contributed by atoms with van der Waals surface area (Å²) >= 11 is 2.38. The van der Waals surface area contributed by atoms with Crippen LogP contribution in [0.1, 0.15) is 38.2 Å². The summed E-state index contributed by atoms with van der Waals surface area (Å²) in [6.07, 6.45) is 5.47. The van der Waals surface area contributed by atoms with Gasteiger partial charge >= 0.3 is 0 Å². The van der Waals surface area contributed by atoms with Crippen molar-refractivity contribution in [2.24, 2.45) is 5.92 Å². The molecule has 3 heteroatoms. The van der Waals surface area contributed by atoms with Crippen molar-refractivity contribution in [3.8, 4) is 0 Å². The van der Waals surface area contributed by atoms with Crippen molar-refractivity contribution in [3.63, 3.8) is 0 Å². The second-order valence-electron chi connectivity index (χ2n) is 6.35. The van der Waals surface area contributed by atoms with E-state index in [2.05, 4.69) is 64.0 Å². The van der Waals surface area contributed by atoms with Gasteiger partial charge in [-0.25, -0.2) is 0 Å². The standard InChI is InChI=1S/C17H25IN2/c1-2-3-16-10-19-17(14-6-7-14)12-20(16)11-13-4-8-15(18)9-5-13/h4-5,8-9,14,16-17,19H,2-3,6-7,10-12H2,1H3. The van der Waals surface area contributed by atoms with Crippen LogP contribution >= 0.6 is 22.6 Å². The third-order valence-corrected chi connectivity index (χ3v) is 5.39. The average molecular weight is 384 g/mol. The molecule has 2 nitrogen and oxygen atoms in total. The molecule has 0 aromatic heterocycles. The number of piperazine rings is 1. The highest BCUT2D eigenvalue weighted by molar-refractivity contribution is 14.1. The predicted octanol–water partition coefficient (Wildman–Crippen LogP) is 3.64. The van der Waals surface area contributed by atoms with Crippen LogP contribution in [0.4, 0.5) is 0 Å². The molecule has 1 heterocycles. The number of nitrogens with zero attached hydrogens (tertiary/aromatic N) is 1. The van der Waals surface area contributed by atoms with Gasteiger partial charge in [-0.2, -0.15) is 0 Å². The number of hydrogen-bond acceptors (Lipinski definition) is 2. The predicted molar refractivity (Wildman–Crippen MR) is 92.8 cm³/mol. The molecular formula is C17H25IN2. The Kier molecular flexibility index (Phi) is 5.00. The molecule has 1 aliphatic carbocycles. The van der Waals surface area contributed by atoms with E-state index in [0.717, 1.165) is 18.5 Å². The molecule has 1 aromatic rings. The fourth-order valence-corrected chi connectivity index (χ4v) is 3.69. The van der Waals surface area contributed by atoms with Crippen LogP contribution in [-0.4, -0.2) is 30.1 Å². The van der Waals surface area contributed by atoms with Crippen molar-refractivity contribution >= 4 is 22.6 Å². The Balaban J connectivity index is 1.66. The van der Waals surface area contributed by atoms with Gasteiger partial charge in [0.2, 0.25) is 0 Å². The molecule has 1 aliphatic heterocycles. The van der Waals surface area contributed by atoms with E-state index in [0.29, 0.717) is 6.04 Å². The summed E-state index contributed by atoms with van der Waals surface area (Å²) < 4.78 is 1.33. The molecule has 1 aromatic carbocycles. The van der Waals surface area contributed by atoms with Gasteiger partial charge in [0.25, 0.3) is 0 Å². The fraction of sp³-hybridized carbons (Fsp3) is 0.647. The maximum atomic E-state index is 3.80. The van der Waals surface area contributed by atoms with Crippen LogP contribution in [0.5, 0.6) is 0 Å². The lowest BCUT2D eigenvalue weighted by molar-refractivity contribution is 0.108. The molecule has 2 fully saturated rings. The van der Waals surface area contributed by atoms with Gasteiger partial charge in [0.05, 0.1) is 0 Å². The quantitative estimate of drug-likeness (QED) is 0.780. The first-order valence-corrected chi connectivity index (χ1v) is 9.06. The molecule has 2 unspecified atom stereocenters. The van der Waals surface area contributed by atoms with E-state index in [4.69, 9.17) is 0 Å². The van der Waals surface area contributed by atoms with Gasteiger partial charge in [-0.15, -0.1) is 0 Å². The van der Waals surface area contributed by atoms with Crippen LogP contribution < -0.4 is 5.32 Å². The molecule has 0 spiro atoms. The van der Waals surface area contributed by atoms with Gasteiger partial charge in [0, 0.05) is 35.3 Å². The van der Waals surface area contributed by atoms with Crippen LogP contribution in [0.25, 0.3) is 0 Å². The van der Waals surface area contributed by atoms with Gasteiger partial charge in [0.15, 0.2) is 0 Å². The maximum absolute atomic E-state index is 3.80. The lowest BCUT2D eigenvalue weighted by atomic mass is 10.0. The van der Waals surface area contributed by atoms with Gasteiger partial charge in [-0.1, -0.05) is 25.5 Å². The van der Waals surface area contributed by atoms with E-state index in [1.807, 2.05) is 0 Å². The van der Waals surface area contributed by atoms with E-state index in [9.17, 15) is 0 Å². The SMILES string of the molecule is CCCC1CNC(C2CC2)CN1Cc1ccc(I)cc1. The average Bonchev–Trinajstić information content (AvgIpc) is 3.28. The summed E-state index contributed by atoms with van der Waals surface area (Å²) in [7, 11) is 0. The monoisotopic (exact) mass is 384 g/mol. The Morgan fingerprint density at radius 2 is 2.00 bits per heavy atom. The van der Waals surface area contributed by atoms with Crippen LogP contribution in [0.15, 0.2) is 24.3 Å². The topological polar surface area (TPSA) is 15.3 Å². The van der Waals surface area contributed by atoms with E-state index >= 15 is 0 Å². The number of benzene rings is 1. The lowest BCUT2D eigenvalue weighted by Gasteiger charge is -2.41. The smallest absolute Gasteiger partial charge is 0.0237 e. The highest BCUT2D eigenvalue weighted by atomic mass is 127. The first-order valence-electron chi connectivity index (χ1n) is 7.98. The van der Waals surface area contributed by atoms with E-state index in [1.165, 1.54) is 47.9 Å². The van der Waals surface area contributed by atoms with Crippen LogP contribution in [0, 0.1) is 9.49 Å². The minimum Gasteiger partial charge on any atom is -0.311 e. The Morgan fingerprint density at radius 3 is 2.65 bits per heavy atom. The highest BCUT2D eigenvalue weighted by Gasteiger charge is 2.36. The second-order valence-corrected chi connectivity index (χ2v) is 7.60. The third kappa shape index (κ3) is 3.74. The number of halogens is 1. The minimum absolute atomic E-state index is 0.717. The summed E-state index contributed by atoms with van der Waals surface area (Å²) in [5.74, 6) is 0.955. The zero-order valence-electron chi connectivity index (χ0n) is 12.3. The summed E-state index contributed by atoms with van der Waals surface area (Å²) in [6.45, 7) is 5.84. The molecular weight excluding hydrogens is 359 g/mol. The zero-order chi connectivity index (χ0) is 13.9. The van der Waals surface area contributed by atoms with Gasteiger partial charge in [-0.05, 0) is 65.5 Å². The van der Waals surface area contributed by atoms with Crippen molar-refractivity contribution in [3.05, 3.63) is 33.4 Å². The fourth-order valence-electron chi connectivity index (χ4n) is 3.33. The maximum Gasteiger partial charge on any atom is 0.0237 e. The summed E-state index contributed by atoms with van der Waals surface area (Å²) in [6, 6.07) is 10.5. The Hall–Kier alpha value is -0.130. The molecule has 0 radical (unpaired) electrons. The summed E-state index contributed by atoms with van der Waals surface area (Å²) in [5.41, 5.74) is 1.46. The molecule has 0 amide bonds. The molecule has 110 valence electrons. The van der Waals surface area contributed by atoms with Crippen LogP contribution in [0.2, 0.25) is 0 Å². The Labute approximate surface area is 136 Å². The molecule has 1 N–H and O–H groups in total. The molecule has 1 saturated heterocycles. The van der Waals surface area contributed by atoms with Crippen LogP contribution in [-0.2, 0) is 6.54 Å². The van der Waals surface area contributed by atoms with Crippen molar-refractivity contribution < 1.29 is 0 Å². The van der Waals surface area contributed by atoms with Crippen molar-refractivity contribution in [1.82, 2.24) is 10.2 Å². The molecule has 0 bridgehead atoms. The summed E-state index contributed by atoms with van der Waals surface area (Å²) in [4.78, 5) is 2.73. The minimum atomic E-state index is 0.717. The van der Waals surface area contributed by atoms with Gasteiger partial charge in [-0.3, -0.25) is 4.90 Å². The first-order chi connectivity index (χ1) is 9.76. The number of nitrogens with one attached hydrogen (secondary N) is 1. The highest BCUT2D eigenvalue weighted by Crippen LogP contribution is 2.34. The number of hydrogen-bond donors (Lipinski definition) is 1.